The molecule has 3 rings (SSSR count). The van der Waals surface area contributed by atoms with Crippen LogP contribution in [0.1, 0.15) is 15.2 Å². The van der Waals surface area contributed by atoms with Crippen molar-refractivity contribution in [1.29, 1.82) is 0 Å². The van der Waals surface area contributed by atoms with E-state index < -0.39 is 17.0 Å². The fraction of sp³-hybridized carbons (Fsp3) is 0.154. The molecule has 0 bridgehead atoms. The average Bonchev–Trinajstić information content (AvgIpc) is 3.05. The first-order valence-corrected chi connectivity index (χ1v) is 8.83. The van der Waals surface area contributed by atoms with Crippen LogP contribution in [0.5, 0.6) is 5.75 Å². The Kier molecular flexibility index (Phi) is 4.01. The lowest BCUT2D eigenvalue weighted by Crippen LogP contribution is -2.08. The van der Waals surface area contributed by atoms with Gasteiger partial charge in [-0.1, -0.05) is 15.9 Å². The molecule has 2 heterocycles. The number of halogens is 1. The molecule has 110 valence electrons. The van der Waals surface area contributed by atoms with Gasteiger partial charge < -0.3 is 9.84 Å². The maximum Gasteiger partial charge on any atom is 0.348 e. The van der Waals surface area contributed by atoms with Crippen molar-refractivity contribution in [2.24, 2.45) is 0 Å². The van der Waals surface area contributed by atoms with Crippen LogP contribution in [0, 0.1) is 0 Å². The van der Waals surface area contributed by atoms with E-state index in [1.807, 2.05) is 6.07 Å². The lowest BCUT2D eigenvalue weighted by atomic mass is 10.2. The van der Waals surface area contributed by atoms with Crippen LogP contribution >= 0.6 is 27.3 Å². The maximum atomic E-state index is 12.5. The third-order valence-electron chi connectivity index (χ3n) is 2.98. The highest BCUT2D eigenvalue weighted by Crippen LogP contribution is 2.35. The summed E-state index contributed by atoms with van der Waals surface area (Å²) in [5.41, 5.74) is 1.34. The lowest BCUT2D eigenvalue weighted by Gasteiger charge is -2.10. The summed E-state index contributed by atoms with van der Waals surface area (Å²) in [6.45, 7) is 0.564. The molecule has 2 aromatic rings. The van der Waals surface area contributed by atoms with E-state index in [2.05, 4.69) is 20.7 Å². The topological polar surface area (TPSA) is 75.6 Å². The number of carbonyl (C=O) groups is 1. The first-order chi connectivity index (χ1) is 10.1. The molecular weight excluding hydrogens is 378 g/mol. The van der Waals surface area contributed by atoms with Gasteiger partial charge in [-0.3, -0.25) is 4.72 Å². The van der Waals surface area contributed by atoms with Crippen molar-refractivity contribution in [2.75, 3.05) is 11.3 Å². The fourth-order valence-corrected chi connectivity index (χ4v) is 4.56. The quantitative estimate of drug-likeness (QED) is 0.843. The largest absolute Gasteiger partial charge is 0.492 e. The molecule has 1 aromatic carbocycles. The van der Waals surface area contributed by atoms with E-state index >= 15 is 0 Å². The first kappa shape index (κ1) is 14.6. The van der Waals surface area contributed by atoms with E-state index in [1.165, 1.54) is 0 Å². The highest BCUT2D eigenvalue weighted by Gasteiger charge is 2.22. The molecule has 1 aliphatic heterocycles. The molecule has 0 amide bonds. The van der Waals surface area contributed by atoms with Crippen molar-refractivity contribution < 1.29 is 18.8 Å². The Balaban J connectivity index is 1.93. The molecule has 1 aliphatic rings. The third-order valence-corrected chi connectivity index (χ3v) is 5.44. The first-order valence-electron chi connectivity index (χ1n) is 6.00. The van der Waals surface area contributed by atoms with Crippen LogP contribution in [0.2, 0.25) is 0 Å². The second kappa shape index (κ2) is 5.78. The Hall–Kier alpha value is -1.38. The zero-order chi connectivity index (χ0) is 15.0. The van der Waals surface area contributed by atoms with E-state index in [1.54, 1.807) is 17.5 Å². The second-order valence-corrected chi connectivity index (χ2v) is 7.34. The number of ether oxygens (including phenoxy) is 1. The number of carboxylic acids is 1. The van der Waals surface area contributed by atoms with Crippen molar-refractivity contribution in [3.63, 3.8) is 0 Å². The molecule has 0 saturated carbocycles. The summed E-state index contributed by atoms with van der Waals surface area (Å²) >= 11 is 4.48. The Morgan fingerprint density at radius 1 is 1.48 bits per heavy atom. The zero-order valence-electron chi connectivity index (χ0n) is 10.6. The van der Waals surface area contributed by atoms with Crippen molar-refractivity contribution in [3.8, 4) is 5.75 Å². The number of anilines is 1. The van der Waals surface area contributed by atoms with Gasteiger partial charge >= 0.3 is 5.97 Å². The molecule has 1 aromatic heterocycles. The highest BCUT2D eigenvalue weighted by molar-refractivity contribution is 9.10. The normalized spacial score (nSPS) is 14.3. The van der Waals surface area contributed by atoms with Crippen molar-refractivity contribution in [2.45, 2.75) is 11.3 Å². The predicted molar refractivity (Wildman–Crippen MR) is 84.7 cm³/mol. The van der Waals surface area contributed by atoms with Crippen molar-refractivity contribution in [1.82, 2.24) is 0 Å². The standard InChI is InChI=1S/C13H10BrNO4S2/c14-8-5-7-1-3-19-11(7)10(6-8)21(18)15-9-2-4-20-12(9)13(16)17/h2,4-6,15H,1,3H2,(H,16,17). The van der Waals surface area contributed by atoms with Gasteiger partial charge in [0.15, 0.2) is 11.0 Å². The summed E-state index contributed by atoms with van der Waals surface area (Å²) in [5, 5.41) is 10.7. The van der Waals surface area contributed by atoms with Gasteiger partial charge in [0.25, 0.3) is 0 Å². The molecule has 0 radical (unpaired) electrons. The van der Waals surface area contributed by atoms with Gasteiger partial charge in [0.05, 0.1) is 12.3 Å². The number of thiophene rings is 1. The third kappa shape index (κ3) is 2.83. The minimum Gasteiger partial charge on any atom is -0.492 e. The fourth-order valence-electron chi connectivity index (χ4n) is 2.08. The summed E-state index contributed by atoms with van der Waals surface area (Å²) < 4.78 is 21.6. The minimum absolute atomic E-state index is 0.135. The molecule has 8 heteroatoms. The molecule has 1 unspecified atom stereocenters. The van der Waals surface area contributed by atoms with Crippen molar-refractivity contribution >= 4 is 49.9 Å². The van der Waals surface area contributed by atoms with Gasteiger partial charge in [0.1, 0.15) is 15.5 Å². The number of benzene rings is 1. The number of carboxylic acid groups (broad SMARTS) is 1. The summed E-state index contributed by atoms with van der Waals surface area (Å²) in [4.78, 5) is 11.7. The molecule has 0 spiro atoms. The van der Waals surface area contributed by atoms with Gasteiger partial charge in [-0.05, 0) is 29.1 Å². The Morgan fingerprint density at radius 3 is 3.05 bits per heavy atom. The smallest absolute Gasteiger partial charge is 0.348 e. The lowest BCUT2D eigenvalue weighted by molar-refractivity contribution is 0.0703. The minimum atomic E-state index is -1.59. The second-order valence-electron chi connectivity index (χ2n) is 4.33. The van der Waals surface area contributed by atoms with Crippen LogP contribution in [0.25, 0.3) is 0 Å². The highest BCUT2D eigenvalue weighted by atomic mass is 79.9. The Bertz CT molecular complexity index is 744. The van der Waals surface area contributed by atoms with Crippen LogP contribution in [0.3, 0.4) is 0 Å². The molecule has 21 heavy (non-hydrogen) atoms. The number of hydrogen-bond acceptors (Lipinski definition) is 4. The number of fused-ring (bicyclic) bond motifs is 1. The van der Waals surface area contributed by atoms with E-state index in [0.717, 1.165) is 27.8 Å². The van der Waals surface area contributed by atoms with E-state index in [4.69, 9.17) is 9.84 Å². The number of aromatic carboxylic acids is 1. The van der Waals surface area contributed by atoms with E-state index in [-0.39, 0.29) is 4.88 Å². The Morgan fingerprint density at radius 2 is 2.29 bits per heavy atom. The van der Waals surface area contributed by atoms with Gasteiger partial charge in [-0.15, -0.1) is 11.3 Å². The number of nitrogens with one attached hydrogen (secondary N) is 1. The van der Waals surface area contributed by atoms with Gasteiger partial charge in [0.2, 0.25) is 0 Å². The molecule has 2 N–H and O–H groups in total. The van der Waals surface area contributed by atoms with Crippen LogP contribution in [-0.2, 0) is 17.4 Å². The molecule has 1 atom stereocenters. The number of rotatable bonds is 4. The number of hydrogen-bond donors (Lipinski definition) is 2. The SMILES string of the molecule is O=C(O)c1sccc1NS(=O)c1cc(Br)cc2c1OCC2. The van der Waals surface area contributed by atoms with Crippen LogP contribution < -0.4 is 9.46 Å². The average molecular weight is 388 g/mol. The molecule has 0 aliphatic carbocycles. The van der Waals surface area contributed by atoms with Gasteiger partial charge in [-0.2, -0.15) is 0 Å². The molecule has 0 fully saturated rings. The molecule has 5 nitrogen and oxygen atoms in total. The zero-order valence-corrected chi connectivity index (χ0v) is 13.8. The van der Waals surface area contributed by atoms with Crippen LogP contribution in [-0.4, -0.2) is 21.9 Å². The maximum absolute atomic E-state index is 12.5. The Labute approximate surface area is 135 Å². The van der Waals surface area contributed by atoms with Gasteiger partial charge in [-0.25, -0.2) is 9.00 Å². The summed E-state index contributed by atoms with van der Waals surface area (Å²) in [6, 6.07) is 5.27. The molecular formula is C13H10BrNO4S2. The predicted octanol–water partition coefficient (Wildman–Crippen LogP) is 3.28. The summed E-state index contributed by atoms with van der Waals surface area (Å²) in [6.07, 6.45) is 0.776. The van der Waals surface area contributed by atoms with E-state index in [9.17, 15) is 9.00 Å². The monoisotopic (exact) mass is 387 g/mol. The van der Waals surface area contributed by atoms with Crippen LogP contribution in [0.15, 0.2) is 32.9 Å². The van der Waals surface area contributed by atoms with Gasteiger partial charge in [0, 0.05) is 10.9 Å². The van der Waals surface area contributed by atoms with Crippen molar-refractivity contribution in [3.05, 3.63) is 38.5 Å². The summed E-state index contributed by atoms with van der Waals surface area (Å²) in [5.74, 6) is -0.420. The van der Waals surface area contributed by atoms with Crippen LogP contribution in [0.4, 0.5) is 5.69 Å². The molecule has 0 saturated heterocycles. The van der Waals surface area contributed by atoms with E-state index in [0.29, 0.717) is 22.9 Å². The summed E-state index contributed by atoms with van der Waals surface area (Å²) in [7, 11) is -1.59.